The van der Waals surface area contributed by atoms with E-state index in [1.165, 1.54) is 0 Å². The fourth-order valence-corrected chi connectivity index (χ4v) is 1.24. The van der Waals surface area contributed by atoms with Gasteiger partial charge in [-0.2, -0.15) is 13.2 Å². The minimum Gasteiger partial charge on any atom is -0.311 e. The van der Waals surface area contributed by atoms with Crippen molar-refractivity contribution in [3.8, 4) is 0 Å². The summed E-state index contributed by atoms with van der Waals surface area (Å²) in [7, 11) is 0. The quantitative estimate of drug-likeness (QED) is 0.642. The summed E-state index contributed by atoms with van der Waals surface area (Å²) in [5, 5.41) is 1.67. The Morgan fingerprint density at radius 2 is 1.88 bits per heavy atom. The number of nitrogens with zero attached hydrogens (tertiary/aromatic N) is 1. The Hall–Kier alpha value is -1.07. The smallest absolute Gasteiger partial charge is 0.311 e. The van der Waals surface area contributed by atoms with Crippen molar-refractivity contribution in [1.29, 1.82) is 0 Å². The SMILES string of the molecule is FC(F)(F)C(Cl)=NCCNCc1ccccc1. The van der Waals surface area contributed by atoms with Crippen molar-refractivity contribution in [2.75, 3.05) is 13.1 Å². The zero-order valence-electron chi connectivity index (χ0n) is 8.97. The average Bonchev–Trinajstić information content (AvgIpc) is 2.28. The summed E-state index contributed by atoms with van der Waals surface area (Å²) in [4.78, 5) is 3.22. The number of alkyl halides is 3. The van der Waals surface area contributed by atoms with Crippen molar-refractivity contribution in [1.82, 2.24) is 5.32 Å². The van der Waals surface area contributed by atoms with Crippen LogP contribution in [0.4, 0.5) is 13.2 Å². The molecule has 0 saturated carbocycles. The van der Waals surface area contributed by atoms with Crippen LogP contribution in [0.2, 0.25) is 0 Å². The van der Waals surface area contributed by atoms with Crippen LogP contribution in [0.3, 0.4) is 0 Å². The summed E-state index contributed by atoms with van der Waals surface area (Å²) in [6.45, 7) is 0.951. The van der Waals surface area contributed by atoms with Gasteiger partial charge in [0.1, 0.15) is 0 Å². The van der Waals surface area contributed by atoms with Crippen LogP contribution >= 0.6 is 11.6 Å². The van der Waals surface area contributed by atoms with E-state index in [2.05, 4.69) is 10.3 Å². The van der Waals surface area contributed by atoms with Crippen LogP contribution in [0.5, 0.6) is 0 Å². The fourth-order valence-electron chi connectivity index (χ4n) is 1.15. The molecule has 0 aliphatic carbocycles. The lowest BCUT2D eigenvalue weighted by atomic mass is 10.2. The van der Waals surface area contributed by atoms with Crippen LogP contribution in [0.15, 0.2) is 35.3 Å². The highest BCUT2D eigenvalue weighted by molar-refractivity contribution is 6.66. The molecule has 2 nitrogen and oxygen atoms in total. The van der Waals surface area contributed by atoms with Crippen LogP contribution < -0.4 is 5.32 Å². The van der Waals surface area contributed by atoms with E-state index < -0.39 is 11.3 Å². The molecule has 1 N–H and O–H groups in total. The fraction of sp³-hybridized carbons (Fsp3) is 0.364. The monoisotopic (exact) mass is 264 g/mol. The third-order valence-electron chi connectivity index (χ3n) is 1.95. The number of hydrogen-bond acceptors (Lipinski definition) is 2. The normalized spacial score (nSPS) is 12.8. The van der Waals surface area contributed by atoms with Crippen molar-refractivity contribution < 1.29 is 13.2 Å². The summed E-state index contributed by atoms with van der Waals surface area (Å²) in [5.41, 5.74) is 1.07. The molecule has 0 spiro atoms. The first-order valence-electron chi connectivity index (χ1n) is 5.02. The molecule has 0 aromatic heterocycles. The second-order valence-electron chi connectivity index (χ2n) is 3.33. The first kappa shape index (κ1) is 14.0. The number of benzene rings is 1. The topological polar surface area (TPSA) is 24.4 Å². The standard InChI is InChI=1S/C11H12ClF3N2/c12-10(11(13,14)15)17-7-6-16-8-9-4-2-1-3-5-9/h1-5,16H,6-8H2. The largest absolute Gasteiger partial charge is 0.444 e. The van der Waals surface area contributed by atoms with Crippen molar-refractivity contribution in [2.24, 2.45) is 4.99 Å². The van der Waals surface area contributed by atoms with Gasteiger partial charge in [-0.15, -0.1) is 0 Å². The molecule has 0 unspecified atom stereocenters. The van der Waals surface area contributed by atoms with E-state index in [0.29, 0.717) is 13.1 Å². The Morgan fingerprint density at radius 1 is 1.24 bits per heavy atom. The molecule has 1 aromatic carbocycles. The Kier molecular flexibility index (Phi) is 5.44. The van der Waals surface area contributed by atoms with Gasteiger partial charge in [-0.1, -0.05) is 41.9 Å². The zero-order valence-corrected chi connectivity index (χ0v) is 9.72. The highest BCUT2D eigenvalue weighted by Crippen LogP contribution is 2.19. The third kappa shape index (κ3) is 5.70. The van der Waals surface area contributed by atoms with E-state index in [9.17, 15) is 13.2 Å². The maximum atomic E-state index is 11.9. The molecule has 0 aliphatic heterocycles. The first-order chi connectivity index (χ1) is 8.00. The molecular formula is C11H12ClF3N2. The van der Waals surface area contributed by atoms with Gasteiger partial charge in [0.15, 0.2) is 0 Å². The highest BCUT2D eigenvalue weighted by Gasteiger charge is 2.33. The van der Waals surface area contributed by atoms with Crippen LogP contribution in [-0.4, -0.2) is 24.4 Å². The van der Waals surface area contributed by atoms with Gasteiger partial charge < -0.3 is 5.32 Å². The molecule has 94 valence electrons. The molecule has 17 heavy (non-hydrogen) atoms. The van der Waals surface area contributed by atoms with Gasteiger partial charge in [-0.25, -0.2) is 0 Å². The van der Waals surface area contributed by atoms with Gasteiger partial charge in [0.25, 0.3) is 0 Å². The summed E-state index contributed by atoms with van der Waals surface area (Å²) in [6, 6.07) is 9.56. The molecule has 0 aliphatic rings. The predicted octanol–water partition coefficient (Wildman–Crippen LogP) is 2.98. The molecule has 0 atom stereocenters. The molecule has 0 saturated heterocycles. The molecule has 0 amide bonds. The van der Waals surface area contributed by atoms with Gasteiger partial charge >= 0.3 is 6.18 Å². The average molecular weight is 265 g/mol. The minimum absolute atomic E-state index is 0.00514. The number of aliphatic imine (C=N–C) groups is 1. The summed E-state index contributed by atoms with van der Waals surface area (Å²) < 4.78 is 35.8. The maximum absolute atomic E-state index is 11.9. The zero-order chi connectivity index (χ0) is 12.7. The lowest BCUT2D eigenvalue weighted by Gasteiger charge is -2.04. The number of halogens is 4. The Balaban J connectivity index is 2.22. The van der Waals surface area contributed by atoms with Crippen molar-refractivity contribution >= 4 is 16.8 Å². The molecule has 0 bridgehead atoms. The summed E-state index contributed by atoms with van der Waals surface area (Å²) in [5.74, 6) is 0. The third-order valence-corrected chi connectivity index (χ3v) is 2.28. The molecular weight excluding hydrogens is 253 g/mol. The first-order valence-corrected chi connectivity index (χ1v) is 5.40. The lowest BCUT2D eigenvalue weighted by molar-refractivity contribution is -0.0560. The second-order valence-corrected chi connectivity index (χ2v) is 3.69. The van der Waals surface area contributed by atoms with E-state index in [4.69, 9.17) is 11.6 Å². The van der Waals surface area contributed by atoms with E-state index in [-0.39, 0.29) is 6.54 Å². The van der Waals surface area contributed by atoms with E-state index in [0.717, 1.165) is 5.56 Å². The van der Waals surface area contributed by atoms with Crippen LogP contribution in [0.25, 0.3) is 0 Å². The summed E-state index contributed by atoms with van der Waals surface area (Å²) in [6.07, 6.45) is -4.54. The predicted molar refractivity (Wildman–Crippen MR) is 62.4 cm³/mol. The Morgan fingerprint density at radius 3 is 2.47 bits per heavy atom. The Bertz CT molecular complexity index is 363. The number of hydrogen-bond donors (Lipinski definition) is 1. The van der Waals surface area contributed by atoms with Crippen molar-refractivity contribution in [3.63, 3.8) is 0 Å². The summed E-state index contributed by atoms with van der Waals surface area (Å²) >= 11 is 4.95. The van der Waals surface area contributed by atoms with Crippen LogP contribution in [-0.2, 0) is 6.54 Å². The van der Waals surface area contributed by atoms with Gasteiger partial charge in [0.2, 0.25) is 5.17 Å². The van der Waals surface area contributed by atoms with E-state index in [1.54, 1.807) is 0 Å². The Labute approximate surface area is 103 Å². The van der Waals surface area contributed by atoms with Gasteiger partial charge in [-0.3, -0.25) is 4.99 Å². The molecule has 1 aromatic rings. The van der Waals surface area contributed by atoms with Crippen LogP contribution in [0, 0.1) is 0 Å². The highest BCUT2D eigenvalue weighted by atomic mass is 35.5. The molecule has 1 rings (SSSR count). The minimum atomic E-state index is -4.54. The van der Waals surface area contributed by atoms with Gasteiger partial charge in [-0.05, 0) is 5.56 Å². The lowest BCUT2D eigenvalue weighted by Crippen LogP contribution is -2.21. The van der Waals surface area contributed by atoms with Crippen molar-refractivity contribution in [3.05, 3.63) is 35.9 Å². The maximum Gasteiger partial charge on any atom is 0.444 e. The molecule has 0 radical (unpaired) electrons. The van der Waals surface area contributed by atoms with E-state index in [1.807, 2.05) is 30.3 Å². The van der Waals surface area contributed by atoms with E-state index >= 15 is 0 Å². The van der Waals surface area contributed by atoms with Gasteiger partial charge in [0, 0.05) is 13.1 Å². The number of nitrogens with one attached hydrogen (secondary N) is 1. The van der Waals surface area contributed by atoms with Crippen molar-refractivity contribution in [2.45, 2.75) is 12.7 Å². The molecule has 6 heteroatoms. The van der Waals surface area contributed by atoms with Crippen LogP contribution in [0.1, 0.15) is 5.56 Å². The molecule has 0 heterocycles. The van der Waals surface area contributed by atoms with Gasteiger partial charge in [0.05, 0.1) is 6.54 Å². The molecule has 0 fully saturated rings. The second kappa shape index (κ2) is 6.61. The number of rotatable bonds is 5.